The topological polar surface area (TPSA) is 132 Å². The van der Waals surface area contributed by atoms with E-state index in [1.54, 1.807) is 24.3 Å². The molecule has 1 saturated heterocycles. The maximum Gasteiger partial charge on any atom is 0.422 e. The highest BCUT2D eigenvalue weighted by Gasteiger charge is 2.38. The second kappa shape index (κ2) is 12.8. The van der Waals surface area contributed by atoms with E-state index in [-0.39, 0.29) is 35.7 Å². The number of hydrogen-bond acceptors (Lipinski definition) is 10. The molecule has 6 heterocycles. The molecule has 14 heteroatoms. The fraction of sp³-hybridized carbons (Fsp3) is 0.429. The van der Waals surface area contributed by atoms with Crippen molar-refractivity contribution in [3.05, 3.63) is 59.7 Å². The number of aromatic nitrogens is 3. The fourth-order valence-electron chi connectivity index (χ4n) is 4.33. The number of amides is 1. The summed E-state index contributed by atoms with van der Waals surface area (Å²) in [6.45, 7) is 4.35. The van der Waals surface area contributed by atoms with Gasteiger partial charge in [-0.05, 0) is 42.0 Å². The summed E-state index contributed by atoms with van der Waals surface area (Å²) in [4.78, 5) is 25.1. The molecule has 2 aromatic carbocycles. The van der Waals surface area contributed by atoms with E-state index in [1.165, 1.54) is 0 Å². The third-order valence-corrected chi connectivity index (χ3v) is 6.72. The van der Waals surface area contributed by atoms with E-state index in [1.807, 2.05) is 24.3 Å². The second-order valence-electron chi connectivity index (χ2n) is 10.6. The number of nitrogens with zero attached hydrogens (tertiary/aromatic N) is 3. The van der Waals surface area contributed by atoms with Crippen LogP contribution in [0.2, 0.25) is 0 Å². The number of ether oxygens (including phenoxy) is 3. The molecule has 1 fully saturated rings. The summed E-state index contributed by atoms with van der Waals surface area (Å²) < 4.78 is 54.5. The van der Waals surface area contributed by atoms with Crippen molar-refractivity contribution in [2.24, 2.45) is 11.3 Å². The van der Waals surface area contributed by atoms with Gasteiger partial charge >= 0.3 is 12.2 Å². The van der Waals surface area contributed by atoms with Crippen LogP contribution in [-0.2, 0) is 11.3 Å². The van der Waals surface area contributed by atoms with Crippen molar-refractivity contribution in [3.63, 3.8) is 0 Å². The smallest absolute Gasteiger partial charge is 0.422 e. The Labute approximate surface area is 240 Å². The average molecular weight is 588 g/mol. The summed E-state index contributed by atoms with van der Waals surface area (Å²) in [5.74, 6) is 0.707. The lowest BCUT2D eigenvalue weighted by atomic mass is 9.85. The molecule has 5 aliphatic heterocycles. The zero-order valence-electron chi connectivity index (χ0n) is 23.0. The van der Waals surface area contributed by atoms with E-state index in [9.17, 15) is 18.0 Å². The molecule has 0 radical (unpaired) electrons. The van der Waals surface area contributed by atoms with E-state index in [2.05, 4.69) is 43.1 Å². The summed E-state index contributed by atoms with van der Waals surface area (Å²) in [6, 6.07) is 13.5. The standard InChI is InChI=1S/C28H32F3N7O4/c1-18-10-32-13-27(15-40-16-27)14-34-23(39)20-4-6-21(7-5-20)35-25-36-24(37-26(38-25)42-17-28(29,30)31)33-11-19-2-8-22(9-3-19)41-12-18/h2-9,18,32H,10-17H2,1H3,(H,34,39)(H2,33,35,36,37,38)/t18-/m0/s1. The maximum atomic E-state index is 12.8. The van der Waals surface area contributed by atoms with Crippen LogP contribution in [0.1, 0.15) is 22.8 Å². The maximum absolute atomic E-state index is 12.8. The molecule has 4 N–H and O–H groups in total. The molecule has 224 valence electrons. The Kier molecular flexibility index (Phi) is 8.92. The summed E-state index contributed by atoms with van der Waals surface area (Å²) >= 11 is 0. The number of nitrogens with one attached hydrogen (secondary N) is 4. The van der Waals surface area contributed by atoms with E-state index in [4.69, 9.17) is 14.2 Å². The van der Waals surface area contributed by atoms with Gasteiger partial charge in [-0.15, -0.1) is 0 Å². The third-order valence-electron chi connectivity index (χ3n) is 6.72. The fourth-order valence-corrected chi connectivity index (χ4v) is 4.33. The van der Waals surface area contributed by atoms with Crippen LogP contribution in [0.5, 0.6) is 11.8 Å². The largest absolute Gasteiger partial charge is 0.493 e. The molecule has 6 bridgehead atoms. The minimum absolute atomic E-state index is 0.0192. The Morgan fingerprint density at radius 3 is 2.40 bits per heavy atom. The van der Waals surface area contributed by atoms with Gasteiger partial charge in [-0.1, -0.05) is 19.1 Å². The number of rotatable bonds is 2. The minimum Gasteiger partial charge on any atom is -0.493 e. The predicted octanol–water partition coefficient (Wildman–Crippen LogP) is 3.53. The third kappa shape index (κ3) is 8.19. The minimum atomic E-state index is -4.56. The number of anilines is 3. The summed E-state index contributed by atoms with van der Waals surface area (Å²) in [6.07, 6.45) is -4.56. The van der Waals surface area contributed by atoms with Crippen molar-refractivity contribution < 1.29 is 32.2 Å². The Bertz CT molecular complexity index is 1350. The first-order valence-corrected chi connectivity index (χ1v) is 13.5. The quantitative estimate of drug-likeness (QED) is 0.353. The summed E-state index contributed by atoms with van der Waals surface area (Å²) in [5.41, 5.74) is 1.65. The molecule has 0 aliphatic carbocycles. The molecule has 42 heavy (non-hydrogen) atoms. The van der Waals surface area contributed by atoms with E-state index in [0.717, 1.165) is 12.1 Å². The van der Waals surface area contributed by atoms with Gasteiger partial charge in [-0.2, -0.15) is 28.1 Å². The normalized spacial score (nSPS) is 19.4. The molecule has 0 saturated carbocycles. The number of hydrogen-bond donors (Lipinski definition) is 4. The first kappa shape index (κ1) is 29.3. The Hall–Kier alpha value is -4.17. The highest BCUT2D eigenvalue weighted by atomic mass is 19.4. The molecule has 1 aromatic heterocycles. The van der Waals surface area contributed by atoms with Gasteiger partial charge in [0.25, 0.3) is 5.91 Å². The van der Waals surface area contributed by atoms with Gasteiger partial charge in [0, 0.05) is 48.8 Å². The van der Waals surface area contributed by atoms with Crippen LogP contribution >= 0.6 is 0 Å². The zero-order chi connectivity index (χ0) is 29.6. The highest BCUT2D eigenvalue weighted by molar-refractivity contribution is 5.94. The molecule has 1 amide bonds. The molecular formula is C28H32F3N7O4. The number of halogens is 3. The van der Waals surface area contributed by atoms with Gasteiger partial charge < -0.3 is 35.5 Å². The van der Waals surface area contributed by atoms with Crippen LogP contribution in [-0.4, -0.2) is 73.1 Å². The number of benzene rings is 2. The van der Waals surface area contributed by atoms with Crippen LogP contribution in [0.25, 0.3) is 0 Å². The van der Waals surface area contributed by atoms with Crippen LogP contribution in [0.3, 0.4) is 0 Å². The highest BCUT2D eigenvalue weighted by Crippen LogP contribution is 2.26. The van der Waals surface area contributed by atoms with Crippen LogP contribution < -0.4 is 30.7 Å². The van der Waals surface area contributed by atoms with Gasteiger partial charge in [0.2, 0.25) is 11.9 Å². The average Bonchev–Trinajstić information content (AvgIpc) is 2.95. The van der Waals surface area contributed by atoms with E-state index >= 15 is 0 Å². The van der Waals surface area contributed by atoms with Crippen molar-refractivity contribution in [3.8, 4) is 11.8 Å². The molecule has 8 rings (SSSR count). The van der Waals surface area contributed by atoms with Crippen molar-refractivity contribution in [2.75, 3.05) is 56.7 Å². The van der Waals surface area contributed by atoms with Gasteiger partial charge in [0.15, 0.2) is 6.61 Å². The molecular weight excluding hydrogens is 555 g/mol. The number of carbonyl (C=O) groups excluding carboxylic acids is 1. The lowest BCUT2D eigenvalue weighted by molar-refractivity contribution is -0.154. The first-order chi connectivity index (χ1) is 20.1. The van der Waals surface area contributed by atoms with Crippen molar-refractivity contribution in [1.29, 1.82) is 0 Å². The van der Waals surface area contributed by atoms with Crippen LogP contribution in [0, 0.1) is 11.3 Å². The Morgan fingerprint density at radius 2 is 1.71 bits per heavy atom. The zero-order valence-corrected chi connectivity index (χ0v) is 23.0. The van der Waals surface area contributed by atoms with Gasteiger partial charge in [-0.3, -0.25) is 4.79 Å². The molecule has 5 aliphatic rings. The summed E-state index contributed by atoms with van der Waals surface area (Å²) in [7, 11) is 0. The molecule has 0 unspecified atom stereocenters. The van der Waals surface area contributed by atoms with Crippen LogP contribution in [0.15, 0.2) is 48.5 Å². The van der Waals surface area contributed by atoms with Crippen molar-refractivity contribution in [2.45, 2.75) is 19.6 Å². The first-order valence-electron chi connectivity index (χ1n) is 13.5. The summed E-state index contributed by atoms with van der Waals surface area (Å²) in [5, 5.41) is 12.4. The Morgan fingerprint density at radius 1 is 0.976 bits per heavy atom. The Balaban J connectivity index is 1.37. The molecule has 11 nitrogen and oxygen atoms in total. The molecule has 1 atom stereocenters. The van der Waals surface area contributed by atoms with Crippen molar-refractivity contribution >= 4 is 23.5 Å². The van der Waals surface area contributed by atoms with Crippen molar-refractivity contribution in [1.82, 2.24) is 25.6 Å². The van der Waals surface area contributed by atoms with E-state index in [0.29, 0.717) is 49.9 Å². The predicted molar refractivity (Wildman–Crippen MR) is 148 cm³/mol. The van der Waals surface area contributed by atoms with Gasteiger partial charge in [0.1, 0.15) is 5.75 Å². The lowest BCUT2D eigenvalue weighted by Gasteiger charge is -2.42. The molecule has 3 aromatic rings. The van der Waals surface area contributed by atoms with Gasteiger partial charge in [-0.25, -0.2) is 0 Å². The second-order valence-corrected chi connectivity index (χ2v) is 10.6. The molecule has 1 spiro atoms. The SMILES string of the molecule is C[C@H]1CNCC2(CNC(=O)c3ccc(cc3)Nc3nc(nc(OCC(F)(F)F)n3)NCc3ccc(cc3)OC1)COC2. The number of carbonyl (C=O) groups is 1. The monoisotopic (exact) mass is 587 g/mol. The van der Waals surface area contributed by atoms with Gasteiger partial charge in [0.05, 0.1) is 19.8 Å². The number of alkyl halides is 3. The van der Waals surface area contributed by atoms with Crippen LogP contribution in [0.4, 0.5) is 30.8 Å². The van der Waals surface area contributed by atoms with E-state index < -0.39 is 18.8 Å². The lowest BCUT2D eigenvalue weighted by Crippen LogP contribution is -2.56.